The Bertz CT molecular complexity index is 1710. The summed E-state index contributed by atoms with van der Waals surface area (Å²) in [7, 11) is 0. The Balaban J connectivity index is 1.71. The summed E-state index contributed by atoms with van der Waals surface area (Å²) in [5.74, 6) is -1.40. The molecule has 1 aliphatic carbocycles. The van der Waals surface area contributed by atoms with E-state index in [-0.39, 0.29) is 60.1 Å². The number of pyridine rings is 1. The first-order valence-corrected chi connectivity index (χ1v) is 14.6. The fourth-order valence-electron chi connectivity index (χ4n) is 5.63. The molecular weight excluding hydrogens is 567 g/mol. The van der Waals surface area contributed by atoms with Crippen molar-refractivity contribution in [2.45, 2.75) is 66.0 Å². The van der Waals surface area contributed by atoms with E-state index in [1.54, 1.807) is 44.0 Å². The lowest BCUT2D eigenvalue weighted by Crippen LogP contribution is -2.55. The molecule has 0 bridgehead atoms. The van der Waals surface area contributed by atoms with Crippen molar-refractivity contribution < 1.29 is 23.9 Å². The molecule has 12 heteroatoms. The number of ether oxygens (including phenoxy) is 1. The van der Waals surface area contributed by atoms with Gasteiger partial charge in [-0.25, -0.2) is 23.6 Å². The molecular formula is C32H37FN6O5. The van der Waals surface area contributed by atoms with Gasteiger partial charge in [-0.1, -0.05) is 26.0 Å². The summed E-state index contributed by atoms with van der Waals surface area (Å²) in [6, 6.07) is 1.40. The number of anilines is 2. The first-order valence-electron chi connectivity index (χ1n) is 14.6. The molecule has 1 saturated heterocycles. The van der Waals surface area contributed by atoms with Crippen molar-refractivity contribution in [1.29, 1.82) is 0 Å². The third-order valence-electron chi connectivity index (χ3n) is 7.61. The molecule has 5 rings (SSSR count). The molecule has 0 radical (unpaired) electrons. The van der Waals surface area contributed by atoms with E-state index in [2.05, 4.69) is 9.97 Å². The Hall–Kier alpha value is -4.58. The number of piperazine rings is 1. The van der Waals surface area contributed by atoms with E-state index in [1.165, 1.54) is 28.9 Å². The average molecular weight is 605 g/mol. The molecule has 232 valence electrons. The summed E-state index contributed by atoms with van der Waals surface area (Å²) < 4.78 is 22.8. The first kappa shape index (κ1) is 30.9. The van der Waals surface area contributed by atoms with Crippen LogP contribution in [0.5, 0.6) is 0 Å². The van der Waals surface area contributed by atoms with Crippen molar-refractivity contribution in [3.05, 3.63) is 81.0 Å². The standard InChI is InChI=1S/C32H37FN6O5/c1-18(2)25-26(19(3)12-13-34-25)38-29-22(16-23(33)27(39(29)43)21-10-8-9-11-24(21)40)28(35-30(38)41)37-15-14-36(17-20(37)4)31(42)44-32(5,6)7/h8-13,16,18,20,43H,14-15,17H2,1-7H3/b27-21-/t20-/m0/s1. The number of fused-ring (bicyclic) bond motifs is 1. The van der Waals surface area contributed by atoms with Gasteiger partial charge in [0.15, 0.2) is 17.4 Å². The van der Waals surface area contributed by atoms with Gasteiger partial charge in [-0.3, -0.25) is 15.0 Å². The van der Waals surface area contributed by atoms with E-state index in [0.29, 0.717) is 22.0 Å². The summed E-state index contributed by atoms with van der Waals surface area (Å²) in [4.78, 5) is 52.0. The number of carbonyl (C=O) groups excluding carboxylic acids is 2. The summed E-state index contributed by atoms with van der Waals surface area (Å²) in [6.45, 7) is 13.7. The Morgan fingerprint density at radius 3 is 2.50 bits per heavy atom. The fourth-order valence-corrected chi connectivity index (χ4v) is 5.63. The van der Waals surface area contributed by atoms with Crippen molar-refractivity contribution in [3.63, 3.8) is 0 Å². The highest BCUT2D eigenvalue weighted by Crippen LogP contribution is 2.42. The molecule has 2 aliphatic heterocycles. The second-order valence-electron chi connectivity index (χ2n) is 12.4. The number of hydroxylamine groups is 1. The highest BCUT2D eigenvalue weighted by atomic mass is 19.1. The largest absolute Gasteiger partial charge is 0.444 e. The maximum absolute atomic E-state index is 16.0. The lowest BCUT2D eigenvalue weighted by molar-refractivity contribution is -0.111. The van der Waals surface area contributed by atoms with Crippen LogP contribution in [0.15, 0.2) is 58.5 Å². The number of hydrogen-bond donors (Lipinski definition) is 1. The molecule has 0 unspecified atom stereocenters. The van der Waals surface area contributed by atoms with Crippen LogP contribution in [0.1, 0.15) is 64.3 Å². The van der Waals surface area contributed by atoms with Gasteiger partial charge in [0.1, 0.15) is 17.1 Å². The Labute approximate surface area is 255 Å². The first-order chi connectivity index (χ1) is 20.7. The minimum absolute atomic E-state index is 0.0700. The maximum atomic E-state index is 16.0. The third kappa shape index (κ3) is 5.57. The summed E-state index contributed by atoms with van der Waals surface area (Å²) in [5, 5.41) is 12.3. The molecule has 0 aromatic carbocycles. The molecule has 1 atom stereocenters. The number of nitrogens with zero attached hydrogens (tertiary/aromatic N) is 6. The summed E-state index contributed by atoms with van der Waals surface area (Å²) >= 11 is 0. The molecule has 0 saturated carbocycles. The number of hydrogen-bond acceptors (Lipinski definition) is 9. The summed E-state index contributed by atoms with van der Waals surface area (Å²) in [6.07, 6.45) is 8.16. The number of rotatable bonds is 3. The van der Waals surface area contributed by atoms with E-state index < -0.39 is 29.0 Å². The predicted molar refractivity (Wildman–Crippen MR) is 165 cm³/mol. The van der Waals surface area contributed by atoms with Crippen LogP contribution in [0.3, 0.4) is 0 Å². The van der Waals surface area contributed by atoms with E-state index in [4.69, 9.17) is 4.74 Å². The number of halogens is 1. The zero-order valence-corrected chi connectivity index (χ0v) is 26.0. The second-order valence-corrected chi connectivity index (χ2v) is 12.4. The normalized spacial score (nSPS) is 20.3. The summed E-state index contributed by atoms with van der Waals surface area (Å²) in [5.41, 5.74) is -0.00749. The lowest BCUT2D eigenvalue weighted by atomic mass is 9.99. The van der Waals surface area contributed by atoms with Crippen molar-refractivity contribution in [3.8, 4) is 5.69 Å². The number of ketones is 1. The minimum atomic E-state index is -0.872. The van der Waals surface area contributed by atoms with Gasteiger partial charge in [0.2, 0.25) is 0 Å². The van der Waals surface area contributed by atoms with Crippen molar-refractivity contribution >= 4 is 29.6 Å². The van der Waals surface area contributed by atoms with Crippen LogP contribution >= 0.6 is 0 Å². The Morgan fingerprint density at radius 2 is 1.86 bits per heavy atom. The van der Waals surface area contributed by atoms with Crippen molar-refractivity contribution in [2.75, 3.05) is 29.6 Å². The molecule has 3 aliphatic rings. The smallest absolute Gasteiger partial charge is 0.410 e. The van der Waals surface area contributed by atoms with Crippen molar-refractivity contribution in [2.24, 2.45) is 0 Å². The number of aryl methyl sites for hydroxylation is 1. The third-order valence-corrected chi connectivity index (χ3v) is 7.61. The quantitative estimate of drug-likeness (QED) is 0.484. The van der Waals surface area contributed by atoms with Crippen LogP contribution in [0.25, 0.3) is 11.8 Å². The van der Waals surface area contributed by atoms with Gasteiger partial charge in [-0.05, 0) is 70.4 Å². The zero-order valence-electron chi connectivity index (χ0n) is 26.0. The zero-order chi connectivity index (χ0) is 32.1. The Morgan fingerprint density at radius 1 is 1.16 bits per heavy atom. The van der Waals surface area contributed by atoms with Crippen molar-refractivity contribution in [1.82, 2.24) is 19.4 Å². The molecule has 2 aromatic heterocycles. The topological polar surface area (TPSA) is 121 Å². The number of carbonyl (C=O) groups is 2. The molecule has 1 fully saturated rings. The van der Waals surface area contributed by atoms with E-state index in [1.807, 2.05) is 32.6 Å². The minimum Gasteiger partial charge on any atom is -0.444 e. The highest BCUT2D eigenvalue weighted by molar-refractivity contribution is 6.09. The predicted octanol–water partition coefficient (Wildman–Crippen LogP) is 4.97. The number of aromatic nitrogens is 3. The molecule has 11 nitrogen and oxygen atoms in total. The van der Waals surface area contributed by atoms with Crippen LogP contribution in [0.4, 0.5) is 20.8 Å². The van der Waals surface area contributed by atoms with E-state index in [9.17, 15) is 19.6 Å². The van der Waals surface area contributed by atoms with Gasteiger partial charge in [0.05, 0.1) is 22.5 Å². The highest BCUT2D eigenvalue weighted by Gasteiger charge is 2.38. The fraction of sp³-hybridized carbons (Fsp3) is 0.406. The van der Waals surface area contributed by atoms with Gasteiger partial charge in [-0.2, -0.15) is 4.98 Å². The van der Waals surface area contributed by atoms with Gasteiger partial charge in [0.25, 0.3) is 0 Å². The Kier molecular flexibility index (Phi) is 8.06. The van der Waals surface area contributed by atoms with Gasteiger partial charge in [-0.15, -0.1) is 0 Å². The number of allylic oxidation sites excluding steroid dienone is 6. The molecule has 1 amide bonds. The van der Waals surface area contributed by atoms with Gasteiger partial charge in [0, 0.05) is 31.9 Å². The molecule has 1 N–H and O–H groups in total. The molecule has 0 spiro atoms. The average Bonchev–Trinajstić information content (AvgIpc) is 2.93. The monoisotopic (exact) mass is 604 g/mol. The molecule has 2 aromatic rings. The van der Waals surface area contributed by atoms with Crippen LogP contribution < -0.4 is 15.7 Å². The molecule has 4 heterocycles. The molecule has 44 heavy (non-hydrogen) atoms. The van der Waals surface area contributed by atoms with Gasteiger partial charge < -0.3 is 14.5 Å². The number of amides is 1. The van der Waals surface area contributed by atoms with E-state index >= 15 is 4.39 Å². The lowest BCUT2D eigenvalue weighted by Gasteiger charge is -2.42. The van der Waals surface area contributed by atoms with Crippen LogP contribution in [-0.4, -0.2) is 67.8 Å². The van der Waals surface area contributed by atoms with Crippen LogP contribution in [-0.2, 0) is 9.53 Å². The SMILES string of the molecule is Cc1ccnc(C(C)C)c1-n1c2c(c(N3CCN(C(=O)OC(C)(C)C)C[C@@H]3C)nc1=O)C=C(F)/C(=C1\C=CC=CC1=O)N2O. The maximum Gasteiger partial charge on any atom is 0.410 e. The van der Waals surface area contributed by atoms with E-state index in [0.717, 1.165) is 0 Å². The second kappa shape index (κ2) is 11.5. The van der Waals surface area contributed by atoms with Crippen LogP contribution in [0, 0.1) is 6.92 Å². The van der Waals surface area contributed by atoms with Gasteiger partial charge >= 0.3 is 11.8 Å². The van der Waals surface area contributed by atoms with Crippen LogP contribution in [0.2, 0.25) is 0 Å².